The number of ether oxygens (including phenoxy) is 2. The van der Waals surface area contributed by atoms with E-state index < -0.39 is 35.8 Å². The molecule has 4 rings (SSSR count). The van der Waals surface area contributed by atoms with E-state index in [0.717, 1.165) is 16.9 Å². The van der Waals surface area contributed by atoms with E-state index >= 15 is 0 Å². The number of thiazole rings is 1. The van der Waals surface area contributed by atoms with Crippen LogP contribution in [0, 0.1) is 0 Å². The zero-order valence-corrected chi connectivity index (χ0v) is 19.6. The summed E-state index contributed by atoms with van der Waals surface area (Å²) < 4.78 is 11.1. The van der Waals surface area contributed by atoms with Gasteiger partial charge in [-0.1, -0.05) is 43.3 Å². The minimum Gasteiger partial charge on any atom is -0.486 e. The molecule has 0 spiro atoms. The van der Waals surface area contributed by atoms with Crippen molar-refractivity contribution in [2.45, 2.75) is 24.9 Å². The molecule has 11 heteroatoms. The molecular weight excluding hydrogens is 472 g/mol. The Labute approximate surface area is 205 Å². The van der Waals surface area contributed by atoms with Gasteiger partial charge in [-0.2, -0.15) is 0 Å². The second kappa shape index (κ2) is 10.5. The Morgan fingerprint density at radius 3 is 2.43 bits per heavy atom. The number of carbonyl (C=O) groups is 3. The van der Waals surface area contributed by atoms with Gasteiger partial charge in [-0.25, -0.2) is 9.78 Å². The van der Waals surface area contributed by atoms with Crippen LogP contribution in [0.1, 0.15) is 40.5 Å². The van der Waals surface area contributed by atoms with Crippen molar-refractivity contribution >= 4 is 34.3 Å². The molecule has 1 aromatic heterocycles. The molecule has 182 valence electrons. The van der Waals surface area contributed by atoms with E-state index in [1.807, 2.05) is 30.3 Å². The average molecular weight is 497 g/mol. The number of carboxylic acid groups (broad SMARTS) is 1. The number of aromatic nitrogens is 1. The fourth-order valence-electron chi connectivity index (χ4n) is 3.63. The number of nitrogens with zero attached hydrogens (tertiary/aromatic N) is 1. The lowest BCUT2D eigenvalue weighted by Gasteiger charge is -2.26. The molecule has 0 radical (unpaired) electrons. The highest BCUT2D eigenvalue weighted by atomic mass is 32.1. The first-order chi connectivity index (χ1) is 16.8. The van der Waals surface area contributed by atoms with E-state index in [2.05, 4.69) is 15.6 Å². The van der Waals surface area contributed by atoms with Gasteiger partial charge in [-0.15, -0.1) is 11.3 Å². The minimum absolute atomic E-state index is 0.114. The van der Waals surface area contributed by atoms with E-state index in [4.69, 9.17) is 20.3 Å². The molecule has 2 aromatic carbocycles. The van der Waals surface area contributed by atoms with Crippen LogP contribution in [-0.4, -0.2) is 47.1 Å². The van der Waals surface area contributed by atoms with Crippen LogP contribution in [0.25, 0.3) is 0 Å². The molecular formula is C24H24N4O6S. The van der Waals surface area contributed by atoms with Crippen molar-refractivity contribution in [3.8, 4) is 11.5 Å². The second-order valence-electron chi connectivity index (χ2n) is 7.90. The maximum Gasteiger partial charge on any atom is 0.355 e. The van der Waals surface area contributed by atoms with Crippen LogP contribution in [0.5, 0.6) is 11.5 Å². The number of amides is 2. The third-order valence-electron chi connectivity index (χ3n) is 5.57. The summed E-state index contributed by atoms with van der Waals surface area (Å²) in [6, 6.07) is 12.2. The molecule has 0 aliphatic carbocycles. The largest absolute Gasteiger partial charge is 0.486 e. The van der Waals surface area contributed by atoms with Crippen molar-refractivity contribution in [3.05, 3.63) is 70.7 Å². The Kier molecular flexibility index (Phi) is 7.28. The first-order valence-electron chi connectivity index (χ1n) is 10.8. The SMILES string of the molecule is C[C@@H](c1ccccc1)[C@H](NC(=O)[C@H](N)c1ccc2c(c1)OCCO2)C(=O)Nc1nc(C(=O)O)cs1. The molecule has 10 nitrogen and oxygen atoms in total. The molecule has 2 amide bonds. The molecule has 0 saturated heterocycles. The lowest BCUT2D eigenvalue weighted by molar-refractivity contribution is -0.127. The molecule has 0 bridgehead atoms. The number of carbonyl (C=O) groups excluding carboxylic acids is 2. The van der Waals surface area contributed by atoms with Crippen molar-refractivity contribution in [2.75, 3.05) is 18.5 Å². The first kappa shape index (κ1) is 24.2. The van der Waals surface area contributed by atoms with Crippen molar-refractivity contribution in [2.24, 2.45) is 5.73 Å². The van der Waals surface area contributed by atoms with Gasteiger partial charge in [-0.05, 0) is 23.3 Å². The number of anilines is 1. The van der Waals surface area contributed by atoms with Crippen LogP contribution in [0.3, 0.4) is 0 Å². The van der Waals surface area contributed by atoms with Gasteiger partial charge in [-0.3, -0.25) is 9.59 Å². The Hall–Kier alpha value is -3.96. The molecule has 0 fully saturated rings. The number of benzene rings is 2. The number of aromatic carboxylic acids is 1. The fourth-order valence-corrected chi connectivity index (χ4v) is 4.31. The van der Waals surface area contributed by atoms with Crippen LogP contribution in [0.2, 0.25) is 0 Å². The van der Waals surface area contributed by atoms with Crippen LogP contribution < -0.4 is 25.8 Å². The summed E-state index contributed by atoms with van der Waals surface area (Å²) in [5, 5.41) is 15.9. The third-order valence-corrected chi connectivity index (χ3v) is 6.32. The maximum atomic E-state index is 13.2. The first-order valence-corrected chi connectivity index (χ1v) is 11.7. The van der Waals surface area contributed by atoms with E-state index in [1.165, 1.54) is 5.38 Å². The Bertz CT molecular complexity index is 1230. The van der Waals surface area contributed by atoms with Gasteiger partial charge in [0.05, 0.1) is 0 Å². The summed E-state index contributed by atoms with van der Waals surface area (Å²) in [6.45, 7) is 2.65. The van der Waals surface area contributed by atoms with E-state index in [0.29, 0.717) is 30.3 Å². The van der Waals surface area contributed by atoms with Crippen LogP contribution in [0.4, 0.5) is 5.13 Å². The van der Waals surface area contributed by atoms with Crippen LogP contribution in [-0.2, 0) is 9.59 Å². The van der Waals surface area contributed by atoms with Gasteiger partial charge in [0.15, 0.2) is 22.3 Å². The standard InChI is InChI=1S/C24H24N4O6S/c1-13(14-5-3-2-4-6-14)20(22(30)28-24-26-16(12-35-24)23(31)32)27-21(29)19(25)15-7-8-17-18(11-15)34-10-9-33-17/h2-8,11-13,19-20H,9-10,25H2,1H3,(H,27,29)(H,31,32)(H,26,28,30)/t13-,19+,20-/m0/s1. The molecule has 35 heavy (non-hydrogen) atoms. The highest BCUT2D eigenvalue weighted by molar-refractivity contribution is 7.14. The van der Waals surface area contributed by atoms with Crippen molar-refractivity contribution in [3.63, 3.8) is 0 Å². The summed E-state index contributed by atoms with van der Waals surface area (Å²) in [4.78, 5) is 41.3. The smallest absolute Gasteiger partial charge is 0.355 e. The quantitative estimate of drug-likeness (QED) is 0.371. The lowest BCUT2D eigenvalue weighted by atomic mass is 9.92. The topological polar surface area (TPSA) is 153 Å². The Morgan fingerprint density at radius 1 is 1.03 bits per heavy atom. The molecule has 3 atom stereocenters. The zero-order valence-electron chi connectivity index (χ0n) is 18.8. The zero-order chi connectivity index (χ0) is 24.9. The molecule has 3 aromatic rings. The third kappa shape index (κ3) is 5.58. The molecule has 5 N–H and O–H groups in total. The molecule has 1 aliphatic rings. The average Bonchev–Trinajstić information content (AvgIpc) is 3.35. The van der Waals surface area contributed by atoms with Gasteiger partial charge < -0.3 is 30.9 Å². The predicted molar refractivity (Wildman–Crippen MR) is 129 cm³/mol. The number of hydrogen-bond donors (Lipinski definition) is 4. The van der Waals surface area contributed by atoms with Crippen LogP contribution >= 0.6 is 11.3 Å². The van der Waals surface area contributed by atoms with E-state index in [1.54, 1.807) is 25.1 Å². The summed E-state index contributed by atoms with van der Waals surface area (Å²) >= 11 is 0.979. The monoisotopic (exact) mass is 496 g/mol. The van der Waals surface area contributed by atoms with Gasteiger partial charge in [0.1, 0.15) is 25.3 Å². The second-order valence-corrected chi connectivity index (χ2v) is 8.76. The maximum absolute atomic E-state index is 13.2. The fraction of sp³-hybridized carbons (Fsp3) is 0.250. The van der Waals surface area contributed by atoms with E-state index in [-0.39, 0.29) is 10.8 Å². The Morgan fingerprint density at radius 2 is 1.74 bits per heavy atom. The van der Waals surface area contributed by atoms with Gasteiger partial charge in [0, 0.05) is 11.3 Å². The summed E-state index contributed by atoms with van der Waals surface area (Å²) in [7, 11) is 0. The molecule has 0 unspecified atom stereocenters. The van der Waals surface area contributed by atoms with E-state index in [9.17, 15) is 14.4 Å². The highest BCUT2D eigenvalue weighted by Crippen LogP contribution is 2.32. The normalized spacial score (nSPS) is 14.9. The van der Waals surface area contributed by atoms with Gasteiger partial charge in [0.2, 0.25) is 11.8 Å². The lowest BCUT2D eigenvalue weighted by Crippen LogP contribution is -2.49. The number of carboxylic acids is 1. The number of fused-ring (bicyclic) bond motifs is 1. The van der Waals surface area contributed by atoms with Crippen molar-refractivity contribution < 1.29 is 29.0 Å². The van der Waals surface area contributed by atoms with Gasteiger partial charge >= 0.3 is 5.97 Å². The van der Waals surface area contributed by atoms with Crippen LogP contribution in [0.15, 0.2) is 53.9 Å². The predicted octanol–water partition coefficient (Wildman–Crippen LogP) is 2.54. The number of nitrogens with two attached hydrogens (primary N) is 1. The van der Waals surface area contributed by atoms with Crippen molar-refractivity contribution in [1.29, 1.82) is 0 Å². The molecule has 0 saturated carbocycles. The summed E-state index contributed by atoms with van der Waals surface area (Å²) in [5.74, 6) is -1.65. The highest BCUT2D eigenvalue weighted by Gasteiger charge is 2.31. The van der Waals surface area contributed by atoms with Crippen molar-refractivity contribution in [1.82, 2.24) is 10.3 Å². The number of hydrogen-bond acceptors (Lipinski definition) is 8. The molecule has 1 aliphatic heterocycles. The number of nitrogens with one attached hydrogen (secondary N) is 2. The number of rotatable bonds is 8. The summed E-state index contributed by atoms with van der Waals surface area (Å²) in [6.07, 6.45) is 0. The summed E-state index contributed by atoms with van der Waals surface area (Å²) in [5.41, 5.74) is 7.38. The Balaban J connectivity index is 1.54. The minimum atomic E-state index is -1.20. The molecule has 2 heterocycles. The van der Waals surface area contributed by atoms with Gasteiger partial charge in [0.25, 0.3) is 0 Å².